The van der Waals surface area contributed by atoms with Crippen molar-refractivity contribution in [2.24, 2.45) is 11.8 Å². The molecule has 0 saturated carbocycles. The summed E-state index contributed by atoms with van der Waals surface area (Å²) < 4.78 is 0. The predicted molar refractivity (Wildman–Crippen MR) is 42.3 cm³/mol. The summed E-state index contributed by atoms with van der Waals surface area (Å²) in [5.74, 6) is -0.881. The van der Waals surface area contributed by atoms with Gasteiger partial charge in [-0.1, -0.05) is 20.8 Å². The van der Waals surface area contributed by atoms with Crippen molar-refractivity contribution in [3.05, 3.63) is 0 Å². The third kappa shape index (κ3) is 3.98. The van der Waals surface area contributed by atoms with E-state index in [1.807, 2.05) is 13.8 Å². The monoisotopic (exact) mass is 160 g/mol. The van der Waals surface area contributed by atoms with Crippen LogP contribution < -0.4 is 0 Å². The number of aliphatic hydroxyl groups is 1. The van der Waals surface area contributed by atoms with Gasteiger partial charge in [0.15, 0.2) is 0 Å². The zero-order valence-electron chi connectivity index (χ0n) is 7.24. The summed E-state index contributed by atoms with van der Waals surface area (Å²) in [7, 11) is 0. The predicted octanol–water partition coefficient (Wildman–Crippen LogP) is 1.11. The average Bonchev–Trinajstić information content (AvgIpc) is 1.84. The summed E-state index contributed by atoms with van der Waals surface area (Å²) >= 11 is 0. The molecular formula is C8H16O3. The zero-order chi connectivity index (χ0) is 9.02. The number of aliphatic carboxylic acids is 1. The highest BCUT2D eigenvalue weighted by atomic mass is 16.4. The van der Waals surface area contributed by atoms with E-state index in [9.17, 15) is 9.90 Å². The first kappa shape index (κ1) is 10.4. The summed E-state index contributed by atoms with van der Waals surface area (Å²) in [6, 6.07) is 0. The van der Waals surface area contributed by atoms with Crippen LogP contribution in [0.2, 0.25) is 0 Å². The molecule has 0 heterocycles. The summed E-state index contributed by atoms with van der Waals surface area (Å²) in [6.07, 6.45) is -0.467. The number of hydrogen-bond donors (Lipinski definition) is 2. The van der Waals surface area contributed by atoms with Crippen LogP contribution in [0.5, 0.6) is 0 Å². The molecule has 0 rings (SSSR count). The Morgan fingerprint density at radius 2 is 1.82 bits per heavy atom. The number of carbonyl (C=O) groups is 1. The fourth-order valence-electron chi connectivity index (χ4n) is 1.05. The Kier molecular flexibility index (Phi) is 4.11. The summed E-state index contributed by atoms with van der Waals surface area (Å²) in [5.41, 5.74) is 0. The molecule has 2 N–H and O–H groups in total. The van der Waals surface area contributed by atoms with Gasteiger partial charge in [-0.15, -0.1) is 0 Å². The molecule has 2 unspecified atom stereocenters. The Bertz CT molecular complexity index is 131. The molecule has 0 saturated heterocycles. The quantitative estimate of drug-likeness (QED) is 0.647. The van der Waals surface area contributed by atoms with Crippen LogP contribution >= 0.6 is 0 Å². The van der Waals surface area contributed by atoms with Crippen LogP contribution in [-0.2, 0) is 4.79 Å². The number of hydrogen-bond acceptors (Lipinski definition) is 2. The first-order valence-electron chi connectivity index (χ1n) is 3.85. The first-order valence-corrected chi connectivity index (χ1v) is 3.85. The molecule has 0 spiro atoms. The summed E-state index contributed by atoms with van der Waals surface area (Å²) in [6.45, 7) is 5.50. The van der Waals surface area contributed by atoms with Gasteiger partial charge in [-0.3, -0.25) is 4.79 Å². The Balaban J connectivity index is 3.82. The Morgan fingerprint density at radius 1 is 1.36 bits per heavy atom. The van der Waals surface area contributed by atoms with Crippen molar-refractivity contribution in [3.8, 4) is 0 Å². The zero-order valence-corrected chi connectivity index (χ0v) is 7.24. The van der Waals surface area contributed by atoms with Crippen molar-refractivity contribution in [1.82, 2.24) is 0 Å². The van der Waals surface area contributed by atoms with Crippen molar-refractivity contribution in [2.75, 3.05) is 0 Å². The Hall–Kier alpha value is -0.570. The Morgan fingerprint density at radius 3 is 2.09 bits per heavy atom. The van der Waals surface area contributed by atoms with Gasteiger partial charge in [-0.2, -0.15) is 0 Å². The molecule has 0 aliphatic heterocycles. The summed E-state index contributed by atoms with van der Waals surface area (Å²) in [4.78, 5) is 10.2. The number of rotatable bonds is 4. The fourth-order valence-corrected chi connectivity index (χ4v) is 1.05. The fraction of sp³-hybridized carbons (Fsp3) is 0.875. The molecule has 66 valence electrons. The lowest BCUT2D eigenvalue weighted by molar-refractivity contribution is -0.139. The molecule has 3 heteroatoms. The molecule has 0 radical (unpaired) electrons. The second-order valence-corrected chi connectivity index (χ2v) is 3.31. The first-order chi connectivity index (χ1) is 4.95. The smallest absolute Gasteiger partial charge is 0.303 e. The lowest BCUT2D eigenvalue weighted by atomic mass is 9.92. The molecule has 11 heavy (non-hydrogen) atoms. The van der Waals surface area contributed by atoms with E-state index in [0.717, 1.165) is 0 Å². The van der Waals surface area contributed by atoms with Crippen LogP contribution in [0.1, 0.15) is 27.2 Å². The van der Waals surface area contributed by atoms with E-state index in [2.05, 4.69) is 0 Å². The van der Waals surface area contributed by atoms with Crippen molar-refractivity contribution < 1.29 is 15.0 Å². The third-order valence-electron chi connectivity index (χ3n) is 1.76. The van der Waals surface area contributed by atoms with Crippen molar-refractivity contribution in [1.29, 1.82) is 0 Å². The van der Waals surface area contributed by atoms with Crippen molar-refractivity contribution in [2.45, 2.75) is 33.3 Å². The lowest BCUT2D eigenvalue weighted by Crippen LogP contribution is -2.25. The highest BCUT2D eigenvalue weighted by Gasteiger charge is 2.19. The van der Waals surface area contributed by atoms with Crippen molar-refractivity contribution in [3.63, 3.8) is 0 Å². The van der Waals surface area contributed by atoms with Gasteiger partial charge in [0.1, 0.15) is 0 Å². The maximum atomic E-state index is 10.2. The largest absolute Gasteiger partial charge is 0.481 e. The van der Waals surface area contributed by atoms with Crippen LogP contribution in [0.25, 0.3) is 0 Å². The molecule has 0 bridgehead atoms. The lowest BCUT2D eigenvalue weighted by Gasteiger charge is -2.20. The van der Waals surface area contributed by atoms with Gasteiger partial charge < -0.3 is 10.2 Å². The molecule has 0 aromatic rings. The van der Waals surface area contributed by atoms with E-state index in [1.165, 1.54) is 0 Å². The number of carboxylic acids is 1. The van der Waals surface area contributed by atoms with Gasteiger partial charge >= 0.3 is 5.97 Å². The van der Waals surface area contributed by atoms with Gasteiger partial charge in [0.05, 0.1) is 12.5 Å². The average molecular weight is 160 g/mol. The van der Waals surface area contributed by atoms with Crippen LogP contribution in [0, 0.1) is 11.8 Å². The number of aliphatic hydroxyl groups excluding tert-OH is 1. The molecule has 0 amide bonds. The van der Waals surface area contributed by atoms with Gasteiger partial charge in [-0.05, 0) is 11.8 Å². The van der Waals surface area contributed by atoms with Crippen LogP contribution in [0.4, 0.5) is 0 Å². The molecule has 0 fully saturated rings. The summed E-state index contributed by atoms with van der Waals surface area (Å²) in [5, 5.41) is 17.8. The molecular weight excluding hydrogens is 144 g/mol. The molecule has 2 atom stereocenters. The number of carboxylic acid groups (broad SMARTS) is 1. The Labute approximate surface area is 67.0 Å². The third-order valence-corrected chi connectivity index (χ3v) is 1.76. The highest BCUT2D eigenvalue weighted by Crippen LogP contribution is 2.15. The van der Waals surface area contributed by atoms with Crippen LogP contribution in [-0.4, -0.2) is 22.3 Å². The van der Waals surface area contributed by atoms with Crippen molar-refractivity contribution >= 4 is 5.97 Å². The van der Waals surface area contributed by atoms with E-state index in [1.54, 1.807) is 6.92 Å². The van der Waals surface area contributed by atoms with E-state index < -0.39 is 12.1 Å². The minimum Gasteiger partial charge on any atom is -0.481 e. The van der Waals surface area contributed by atoms with Crippen LogP contribution in [0.15, 0.2) is 0 Å². The van der Waals surface area contributed by atoms with E-state index in [-0.39, 0.29) is 18.3 Å². The van der Waals surface area contributed by atoms with Gasteiger partial charge in [0, 0.05) is 0 Å². The SMILES string of the molecule is CC(C)C(O)C(C)CC(=O)O. The van der Waals surface area contributed by atoms with E-state index in [0.29, 0.717) is 0 Å². The second kappa shape index (κ2) is 4.34. The van der Waals surface area contributed by atoms with Gasteiger partial charge in [0.25, 0.3) is 0 Å². The topological polar surface area (TPSA) is 57.5 Å². The highest BCUT2D eigenvalue weighted by molar-refractivity contribution is 5.67. The minimum atomic E-state index is -0.850. The standard InChI is InChI=1S/C8H16O3/c1-5(2)8(11)6(3)4-7(9)10/h5-6,8,11H,4H2,1-3H3,(H,9,10). The molecule has 3 nitrogen and oxygen atoms in total. The second-order valence-electron chi connectivity index (χ2n) is 3.31. The minimum absolute atomic E-state index is 0.0410. The molecule has 0 aromatic carbocycles. The maximum absolute atomic E-state index is 10.2. The normalized spacial score (nSPS) is 16.5. The van der Waals surface area contributed by atoms with Gasteiger partial charge in [-0.25, -0.2) is 0 Å². The molecule has 0 aliphatic rings. The van der Waals surface area contributed by atoms with E-state index >= 15 is 0 Å². The maximum Gasteiger partial charge on any atom is 0.303 e. The molecule has 0 aromatic heterocycles. The van der Waals surface area contributed by atoms with E-state index in [4.69, 9.17) is 5.11 Å². The molecule has 0 aliphatic carbocycles. The van der Waals surface area contributed by atoms with Crippen LogP contribution in [0.3, 0.4) is 0 Å². The van der Waals surface area contributed by atoms with Gasteiger partial charge in [0.2, 0.25) is 0 Å².